The molecule has 1 aromatic rings. The Balaban J connectivity index is 1.78. The van der Waals surface area contributed by atoms with Crippen LogP contribution in [0, 0.1) is 11.8 Å². The molecule has 0 aliphatic carbocycles. The Bertz CT molecular complexity index is 452. The molecule has 3 heteroatoms. The van der Waals surface area contributed by atoms with Crippen molar-refractivity contribution in [2.24, 2.45) is 11.8 Å². The standard InChI is InChI=1S/C18H28N2O/c1-3-15-7-4-5-8-17(15)13-20-18(21)11-14(2)16-9-6-10-19-12-16/h4-5,7-8,14,16,19H,3,6,9-13H2,1-2H3,(H,20,21). The Morgan fingerprint density at radius 1 is 1.38 bits per heavy atom. The van der Waals surface area contributed by atoms with Gasteiger partial charge in [0.25, 0.3) is 0 Å². The Kier molecular flexibility index (Phi) is 6.24. The molecule has 0 aromatic heterocycles. The van der Waals surface area contributed by atoms with Crippen molar-refractivity contribution in [1.29, 1.82) is 0 Å². The van der Waals surface area contributed by atoms with Gasteiger partial charge in [-0.1, -0.05) is 38.1 Å². The maximum absolute atomic E-state index is 12.1. The van der Waals surface area contributed by atoms with Gasteiger partial charge in [-0.05, 0) is 55.3 Å². The van der Waals surface area contributed by atoms with Gasteiger partial charge in [-0.25, -0.2) is 0 Å². The third-order valence-corrected chi connectivity index (χ3v) is 4.62. The fourth-order valence-electron chi connectivity index (χ4n) is 3.16. The summed E-state index contributed by atoms with van der Waals surface area (Å²) in [5, 5.41) is 6.51. The summed E-state index contributed by atoms with van der Waals surface area (Å²) in [6.45, 7) is 7.20. The highest BCUT2D eigenvalue weighted by Gasteiger charge is 2.21. The fourth-order valence-corrected chi connectivity index (χ4v) is 3.16. The molecule has 1 heterocycles. The van der Waals surface area contributed by atoms with Gasteiger partial charge in [0, 0.05) is 13.0 Å². The first-order valence-electron chi connectivity index (χ1n) is 8.25. The van der Waals surface area contributed by atoms with Gasteiger partial charge in [-0.3, -0.25) is 4.79 Å². The predicted molar refractivity (Wildman–Crippen MR) is 87.0 cm³/mol. The topological polar surface area (TPSA) is 41.1 Å². The third kappa shape index (κ3) is 4.85. The van der Waals surface area contributed by atoms with Gasteiger partial charge in [-0.15, -0.1) is 0 Å². The molecule has 1 amide bonds. The van der Waals surface area contributed by atoms with E-state index in [2.05, 4.69) is 42.7 Å². The monoisotopic (exact) mass is 288 g/mol. The van der Waals surface area contributed by atoms with Crippen LogP contribution in [0.25, 0.3) is 0 Å². The number of piperidine rings is 1. The number of amides is 1. The van der Waals surface area contributed by atoms with Gasteiger partial charge in [0.15, 0.2) is 0 Å². The molecule has 1 aliphatic heterocycles. The van der Waals surface area contributed by atoms with Gasteiger partial charge < -0.3 is 10.6 Å². The summed E-state index contributed by atoms with van der Waals surface area (Å²) in [5.74, 6) is 1.28. The molecule has 2 N–H and O–H groups in total. The average molecular weight is 288 g/mol. The van der Waals surface area contributed by atoms with E-state index in [1.165, 1.54) is 24.0 Å². The van der Waals surface area contributed by atoms with Gasteiger partial charge in [0.1, 0.15) is 0 Å². The second-order valence-corrected chi connectivity index (χ2v) is 6.19. The van der Waals surface area contributed by atoms with Gasteiger partial charge in [0.2, 0.25) is 5.91 Å². The van der Waals surface area contributed by atoms with Gasteiger partial charge >= 0.3 is 0 Å². The van der Waals surface area contributed by atoms with Crippen molar-refractivity contribution in [2.75, 3.05) is 13.1 Å². The van der Waals surface area contributed by atoms with Gasteiger partial charge in [0.05, 0.1) is 0 Å². The van der Waals surface area contributed by atoms with E-state index in [9.17, 15) is 4.79 Å². The summed E-state index contributed by atoms with van der Waals surface area (Å²) < 4.78 is 0. The summed E-state index contributed by atoms with van der Waals surface area (Å²) in [4.78, 5) is 12.1. The van der Waals surface area contributed by atoms with Crippen LogP contribution in [-0.4, -0.2) is 19.0 Å². The molecule has 1 fully saturated rings. The van der Waals surface area contributed by atoms with Crippen LogP contribution in [0.3, 0.4) is 0 Å². The highest BCUT2D eigenvalue weighted by Crippen LogP contribution is 2.22. The number of carbonyl (C=O) groups excluding carboxylic acids is 1. The van der Waals surface area contributed by atoms with Crippen molar-refractivity contribution in [3.05, 3.63) is 35.4 Å². The molecule has 0 saturated carbocycles. The van der Waals surface area contributed by atoms with Crippen molar-refractivity contribution >= 4 is 5.91 Å². The van der Waals surface area contributed by atoms with E-state index in [1.54, 1.807) is 0 Å². The molecule has 2 unspecified atom stereocenters. The maximum Gasteiger partial charge on any atom is 0.220 e. The van der Waals surface area contributed by atoms with Crippen molar-refractivity contribution in [3.8, 4) is 0 Å². The Morgan fingerprint density at radius 2 is 2.14 bits per heavy atom. The number of rotatable bonds is 6. The van der Waals surface area contributed by atoms with E-state index in [0.717, 1.165) is 19.5 Å². The van der Waals surface area contributed by atoms with Crippen LogP contribution in [-0.2, 0) is 17.8 Å². The summed E-state index contributed by atoms with van der Waals surface area (Å²) in [7, 11) is 0. The lowest BCUT2D eigenvalue weighted by atomic mass is 9.85. The van der Waals surface area contributed by atoms with Crippen LogP contribution in [0.2, 0.25) is 0 Å². The highest BCUT2D eigenvalue weighted by molar-refractivity contribution is 5.76. The molecule has 0 radical (unpaired) electrons. The van der Waals surface area contributed by atoms with Crippen molar-refractivity contribution in [3.63, 3.8) is 0 Å². The van der Waals surface area contributed by atoms with Crippen LogP contribution < -0.4 is 10.6 Å². The lowest BCUT2D eigenvalue weighted by Gasteiger charge is -2.28. The van der Waals surface area contributed by atoms with E-state index in [-0.39, 0.29) is 5.91 Å². The van der Waals surface area contributed by atoms with Gasteiger partial charge in [-0.2, -0.15) is 0 Å². The molecule has 1 saturated heterocycles. The van der Waals surface area contributed by atoms with E-state index in [1.807, 2.05) is 6.07 Å². The van der Waals surface area contributed by atoms with Crippen molar-refractivity contribution in [1.82, 2.24) is 10.6 Å². The van der Waals surface area contributed by atoms with Crippen molar-refractivity contribution < 1.29 is 4.79 Å². The van der Waals surface area contributed by atoms with E-state index < -0.39 is 0 Å². The molecule has 3 nitrogen and oxygen atoms in total. The van der Waals surface area contributed by atoms with E-state index >= 15 is 0 Å². The minimum absolute atomic E-state index is 0.180. The average Bonchev–Trinajstić information content (AvgIpc) is 2.54. The molecular weight excluding hydrogens is 260 g/mol. The minimum Gasteiger partial charge on any atom is -0.352 e. The molecule has 21 heavy (non-hydrogen) atoms. The molecular formula is C18H28N2O. The molecule has 2 atom stereocenters. The Morgan fingerprint density at radius 3 is 2.81 bits per heavy atom. The first kappa shape index (κ1) is 16.0. The van der Waals surface area contributed by atoms with Crippen molar-refractivity contribution in [2.45, 2.75) is 46.1 Å². The smallest absolute Gasteiger partial charge is 0.220 e. The van der Waals surface area contributed by atoms with Crippen LogP contribution in [0.4, 0.5) is 0 Å². The third-order valence-electron chi connectivity index (χ3n) is 4.62. The van der Waals surface area contributed by atoms with Crippen LogP contribution in [0.5, 0.6) is 0 Å². The Labute approximate surface area is 128 Å². The zero-order valence-electron chi connectivity index (χ0n) is 13.3. The number of carbonyl (C=O) groups is 1. The number of aryl methyl sites for hydroxylation is 1. The minimum atomic E-state index is 0.180. The van der Waals surface area contributed by atoms with Crippen LogP contribution in [0.1, 0.15) is 44.2 Å². The highest BCUT2D eigenvalue weighted by atomic mass is 16.1. The maximum atomic E-state index is 12.1. The second-order valence-electron chi connectivity index (χ2n) is 6.19. The number of benzene rings is 1. The SMILES string of the molecule is CCc1ccccc1CNC(=O)CC(C)C1CCCNC1. The normalized spacial score (nSPS) is 20.0. The fraction of sp³-hybridized carbons (Fsp3) is 0.611. The second kappa shape index (κ2) is 8.18. The zero-order chi connectivity index (χ0) is 15.1. The molecule has 0 spiro atoms. The first-order chi connectivity index (χ1) is 10.2. The van der Waals surface area contributed by atoms with E-state index in [0.29, 0.717) is 24.8 Å². The molecule has 1 aliphatic rings. The zero-order valence-corrected chi connectivity index (χ0v) is 13.3. The summed E-state index contributed by atoms with van der Waals surface area (Å²) in [5.41, 5.74) is 2.56. The Hall–Kier alpha value is -1.35. The number of hydrogen-bond acceptors (Lipinski definition) is 2. The molecule has 1 aromatic carbocycles. The predicted octanol–water partition coefficient (Wildman–Crippen LogP) is 2.89. The molecule has 116 valence electrons. The largest absolute Gasteiger partial charge is 0.352 e. The van der Waals surface area contributed by atoms with Crippen LogP contribution in [0.15, 0.2) is 24.3 Å². The first-order valence-corrected chi connectivity index (χ1v) is 8.25. The number of nitrogens with one attached hydrogen (secondary N) is 2. The summed E-state index contributed by atoms with van der Waals surface area (Å²) in [6, 6.07) is 8.34. The lowest BCUT2D eigenvalue weighted by Crippen LogP contribution is -2.35. The molecule has 0 bridgehead atoms. The summed E-state index contributed by atoms with van der Waals surface area (Å²) >= 11 is 0. The van der Waals surface area contributed by atoms with E-state index in [4.69, 9.17) is 0 Å². The quantitative estimate of drug-likeness (QED) is 0.845. The number of hydrogen-bond donors (Lipinski definition) is 2. The lowest BCUT2D eigenvalue weighted by molar-refractivity contribution is -0.122. The summed E-state index contributed by atoms with van der Waals surface area (Å²) in [6.07, 6.45) is 4.14. The molecule has 2 rings (SSSR count). The van der Waals surface area contributed by atoms with Crippen LogP contribution >= 0.6 is 0 Å².